The van der Waals surface area contributed by atoms with Crippen LogP contribution in [0.25, 0.3) is 10.8 Å². The molecule has 1 N–H and O–H groups in total. The molecular formula is C23H29N5O4. The van der Waals surface area contributed by atoms with Crippen LogP contribution in [0.3, 0.4) is 0 Å². The predicted molar refractivity (Wildman–Crippen MR) is 122 cm³/mol. The minimum atomic E-state index is -0.640. The summed E-state index contributed by atoms with van der Waals surface area (Å²) in [6, 6.07) is 5.03. The third-order valence-electron chi connectivity index (χ3n) is 5.71. The number of carbonyl (C=O) groups excluding carboxylic acids is 2. The number of ether oxygens (including phenoxy) is 1. The Kier molecular flexibility index (Phi) is 5.66. The maximum atomic E-state index is 13.2. The summed E-state index contributed by atoms with van der Waals surface area (Å²) in [6.45, 7) is 11.7. The number of hydrogen-bond donors (Lipinski definition) is 1. The molecule has 0 aliphatic carbocycles. The van der Waals surface area contributed by atoms with Crippen LogP contribution in [0.1, 0.15) is 39.7 Å². The van der Waals surface area contributed by atoms with E-state index >= 15 is 0 Å². The van der Waals surface area contributed by atoms with Gasteiger partial charge in [0.2, 0.25) is 5.91 Å². The molecule has 2 aromatic rings. The number of aromatic nitrogens is 2. The van der Waals surface area contributed by atoms with Gasteiger partial charge in [-0.25, -0.2) is 9.48 Å². The van der Waals surface area contributed by atoms with Gasteiger partial charge < -0.3 is 19.9 Å². The van der Waals surface area contributed by atoms with Crippen LogP contribution in [0.4, 0.5) is 10.5 Å². The van der Waals surface area contributed by atoms with Crippen molar-refractivity contribution in [2.45, 2.75) is 45.3 Å². The molecule has 170 valence electrons. The van der Waals surface area contributed by atoms with Gasteiger partial charge in [-0.05, 0) is 45.7 Å². The van der Waals surface area contributed by atoms with Gasteiger partial charge >= 0.3 is 6.09 Å². The van der Waals surface area contributed by atoms with Crippen molar-refractivity contribution in [1.29, 1.82) is 0 Å². The second-order valence-electron chi connectivity index (χ2n) is 9.27. The van der Waals surface area contributed by atoms with Crippen molar-refractivity contribution in [3.05, 3.63) is 47.0 Å². The van der Waals surface area contributed by atoms with Crippen LogP contribution in [0.15, 0.2) is 41.5 Å². The first-order valence-electron chi connectivity index (χ1n) is 10.9. The second-order valence-corrected chi connectivity index (χ2v) is 9.27. The van der Waals surface area contributed by atoms with E-state index in [1.54, 1.807) is 11.1 Å². The molecule has 1 aromatic heterocycles. The highest BCUT2D eigenvalue weighted by Gasteiger charge is 2.29. The highest BCUT2D eigenvalue weighted by molar-refractivity contribution is 5.86. The van der Waals surface area contributed by atoms with E-state index in [4.69, 9.17) is 4.74 Å². The Morgan fingerprint density at radius 3 is 2.56 bits per heavy atom. The maximum absolute atomic E-state index is 13.2. The highest BCUT2D eigenvalue weighted by Crippen LogP contribution is 2.24. The van der Waals surface area contributed by atoms with E-state index < -0.39 is 11.6 Å². The summed E-state index contributed by atoms with van der Waals surface area (Å²) in [4.78, 5) is 41.7. The molecule has 1 atom stereocenters. The number of allylic oxidation sites excluding steroid dienone is 1. The molecule has 2 fully saturated rings. The number of nitrogens with zero attached hydrogens (tertiary/aromatic N) is 4. The molecule has 0 saturated carbocycles. The molecule has 4 rings (SSSR count). The van der Waals surface area contributed by atoms with Gasteiger partial charge in [0, 0.05) is 42.9 Å². The number of nitrogens with one attached hydrogen (secondary N) is 1. The number of fused-ring (bicyclic) bond motifs is 1. The lowest BCUT2D eigenvalue weighted by Crippen LogP contribution is -2.50. The number of rotatable bonds is 2. The van der Waals surface area contributed by atoms with E-state index in [9.17, 15) is 14.4 Å². The maximum Gasteiger partial charge on any atom is 0.410 e. The van der Waals surface area contributed by atoms with Gasteiger partial charge in [0.05, 0.1) is 11.6 Å². The number of amides is 2. The van der Waals surface area contributed by atoms with Gasteiger partial charge in [-0.15, -0.1) is 0 Å². The van der Waals surface area contributed by atoms with Gasteiger partial charge in [-0.3, -0.25) is 9.59 Å². The summed E-state index contributed by atoms with van der Waals surface area (Å²) in [5.41, 5.74) is 0.748. The Bertz CT molecular complexity index is 1130. The van der Waals surface area contributed by atoms with Crippen LogP contribution in [-0.4, -0.2) is 58.5 Å². The lowest BCUT2D eigenvalue weighted by Gasteiger charge is -2.36. The largest absolute Gasteiger partial charge is 0.444 e. The Morgan fingerprint density at radius 1 is 1.19 bits per heavy atom. The molecule has 1 aromatic carbocycles. The number of hydrogen-bond acceptors (Lipinski definition) is 6. The van der Waals surface area contributed by atoms with Gasteiger partial charge in [0.15, 0.2) is 0 Å². The third-order valence-corrected chi connectivity index (χ3v) is 5.71. The third kappa shape index (κ3) is 4.46. The summed E-state index contributed by atoms with van der Waals surface area (Å²) in [7, 11) is 0. The van der Waals surface area contributed by atoms with Crippen molar-refractivity contribution in [3.8, 4) is 0 Å². The number of benzene rings is 1. The molecule has 2 saturated heterocycles. The van der Waals surface area contributed by atoms with Crippen LogP contribution in [0.5, 0.6) is 0 Å². The van der Waals surface area contributed by atoms with Crippen molar-refractivity contribution in [1.82, 2.24) is 20.0 Å². The number of anilines is 1. The minimum absolute atomic E-state index is 0.260. The zero-order valence-corrected chi connectivity index (χ0v) is 18.8. The van der Waals surface area contributed by atoms with Gasteiger partial charge in [0.1, 0.15) is 11.6 Å². The molecule has 2 amide bonds. The first-order chi connectivity index (χ1) is 15.1. The minimum Gasteiger partial charge on any atom is -0.444 e. The van der Waals surface area contributed by atoms with Crippen LogP contribution < -0.4 is 15.8 Å². The monoisotopic (exact) mass is 439 g/mol. The average Bonchev–Trinajstić information content (AvgIpc) is 2.73. The topological polar surface area (TPSA) is 96.8 Å². The lowest BCUT2D eigenvalue weighted by molar-refractivity contribution is -0.125. The zero-order chi connectivity index (χ0) is 23.0. The molecule has 2 aliphatic rings. The van der Waals surface area contributed by atoms with Crippen molar-refractivity contribution < 1.29 is 14.3 Å². The fourth-order valence-electron chi connectivity index (χ4n) is 4.03. The summed E-state index contributed by atoms with van der Waals surface area (Å²) >= 11 is 0. The summed E-state index contributed by atoms with van der Waals surface area (Å²) in [5, 5.41) is 8.20. The Hall–Kier alpha value is -3.36. The quantitative estimate of drug-likeness (QED) is 0.772. The van der Waals surface area contributed by atoms with E-state index in [-0.39, 0.29) is 17.6 Å². The van der Waals surface area contributed by atoms with E-state index in [0.717, 1.165) is 11.1 Å². The van der Waals surface area contributed by atoms with Crippen LogP contribution in [-0.2, 0) is 9.53 Å². The summed E-state index contributed by atoms with van der Waals surface area (Å²) in [6.07, 6.45) is 2.43. The summed E-state index contributed by atoms with van der Waals surface area (Å²) in [5.74, 6) is -0.260. The molecule has 0 spiro atoms. The molecule has 9 nitrogen and oxygen atoms in total. The van der Waals surface area contributed by atoms with Crippen molar-refractivity contribution >= 4 is 28.5 Å². The number of piperazine rings is 1. The van der Waals surface area contributed by atoms with Gasteiger partial charge in [-0.2, -0.15) is 5.10 Å². The molecule has 9 heteroatoms. The molecule has 1 unspecified atom stereocenters. The van der Waals surface area contributed by atoms with Gasteiger partial charge in [0.25, 0.3) is 5.56 Å². The average molecular weight is 440 g/mol. The van der Waals surface area contributed by atoms with Crippen molar-refractivity contribution in [3.63, 3.8) is 0 Å². The SMILES string of the molecule is C=C1CCC(n2ncc3ccc(N4CCN(C(=O)OC(C)(C)C)CC4)cc3c2=O)C(=O)N1. The van der Waals surface area contributed by atoms with E-state index in [1.807, 2.05) is 39.0 Å². The second kappa shape index (κ2) is 8.29. The molecule has 2 aliphatic heterocycles. The fraction of sp³-hybridized carbons (Fsp3) is 0.478. The Balaban J connectivity index is 1.53. The fourth-order valence-corrected chi connectivity index (χ4v) is 4.03. The summed E-state index contributed by atoms with van der Waals surface area (Å²) < 4.78 is 6.73. The van der Waals surface area contributed by atoms with E-state index in [2.05, 4.69) is 21.9 Å². The number of piperidine rings is 1. The first-order valence-corrected chi connectivity index (χ1v) is 10.9. The smallest absolute Gasteiger partial charge is 0.410 e. The van der Waals surface area contributed by atoms with Crippen molar-refractivity contribution in [2.75, 3.05) is 31.1 Å². The lowest BCUT2D eigenvalue weighted by atomic mass is 10.0. The van der Waals surface area contributed by atoms with Crippen LogP contribution >= 0.6 is 0 Å². The molecule has 0 radical (unpaired) electrons. The van der Waals surface area contributed by atoms with Crippen molar-refractivity contribution in [2.24, 2.45) is 0 Å². The Labute approximate surface area is 186 Å². The van der Waals surface area contributed by atoms with Gasteiger partial charge in [-0.1, -0.05) is 12.6 Å². The van der Waals surface area contributed by atoms with Crippen LogP contribution in [0.2, 0.25) is 0 Å². The first kappa shape index (κ1) is 21.9. The van der Waals surface area contributed by atoms with E-state index in [1.165, 1.54) is 4.68 Å². The standard InChI is InChI=1S/C23H29N5O4/c1-15-5-8-19(20(29)25-15)28-21(30)18-13-17(7-6-16(18)14-24-28)26-9-11-27(12-10-26)22(31)32-23(2,3)4/h6-7,13-14,19H,1,5,8-12H2,2-4H3,(H,25,29). The highest BCUT2D eigenvalue weighted by atomic mass is 16.6. The molecule has 32 heavy (non-hydrogen) atoms. The van der Waals surface area contributed by atoms with Crippen LogP contribution in [0, 0.1) is 0 Å². The molecule has 3 heterocycles. The Morgan fingerprint density at radius 2 is 1.91 bits per heavy atom. The zero-order valence-electron chi connectivity index (χ0n) is 18.8. The molecule has 0 bridgehead atoms. The normalized spacial score (nSPS) is 19.8. The number of carbonyl (C=O) groups is 2. The van der Waals surface area contributed by atoms with E-state index in [0.29, 0.717) is 50.1 Å². The molecular weight excluding hydrogens is 410 g/mol. The predicted octanol–water partition coefficient (Wildman–Crippen LogP) is 2.42.